The Labute approximate surface area is 104 Å². The second kappa shape index (κ2) is 8.02. The Morgan fingerprint density at radius 1 is 1.29 bits per heavy atom. The van der Waals surface area contributed by atoms with Gasteiger partial charge in [0.1, 0.15) is 0 Å². The molecule has 0 aromatic carbocycles. The summed E-state index contributed by atoms with van der Waals surface area (Å²) in [5.41, 5.74) is 0. The molecular weight excluding hydrogens is 242 g/mol. The molecule has 0 heterocycles. The van der Waals surface area contributed by atoms with E-state index in [4.69, 9.17) is 4.74 Å². The van der Waals surface area contributed by atoms with Crippen molar-refractivity contribution in [1.82, 2.24) is 5.32 Å². The largest absolute Gasteiger partial charge is 0.391 e. The van der Waals surface area contributed by atoms with Gasteiger partial charge in [-0.1, -0.05) is 13.8 Å². The molecule has 0 bridgehead atoms. The normalized spacial score (nSPS) is 16.1. The first-order chi connectivity index (χ1) is 7.81. The third-order valence-electron chi connectivity index (χ3n) is 2.79. The van der Waals surface area contributed by atoms with Crippen LogP contribution in [0.5, 0.6) is 0 Å². The molecule has 0 radical (unpaired) electrons. The lowest BCUT2D eigenvalue weighted by Gasteiger charge is -2.19. The van der Waals surface area contributed by atoms with Gasteiger partial charge in [-0.15, -0.1) is 0 Å². The summed E-state index contributed by atoms with van der Waals surface area (Å²) in [5.74, 6) is -0.125. The van der Waals surface area contributed by atoms with Gasteiger partial charge in [0.15, 0.2) is 9.84 Å². The van der Waals surface area contributed by atoms with Crippen LogP contribution in [0.15, 0.2) is 0 Å². The van der Waals surface area contributed by atoms with Crippen molar-refractivity contribution >= 4 is 9.84 Å². The highest BCUT2D eigenvalue weighted by Gasteiger charge is 2.26. The van der Waals surface area contributed by atoms with Crippen molar-refractivity contribution in [3.63, 3.8) is 0 Å². The van der Waals surface area contributed by atoms with Gasteiger partial charge in [0, 0.05) is 20.2 Å². The van der Waals surface area contributed by atoms with Crippen LogP contribution in [-0.2, 0) is 14.6 Å². The van der Waals surface area contributed by atoms with Crippen LogP contribution in [0.1, 0.15) is 20.8 Å². The van der Waals surface area contributed by atoms with Gasteiger partial charge in [0.25, 0.3) is 0 Å². The van der Waals surface area contributed by atoms with E-state index in [1.54, 1.807) is 14.0 Å². The molecule has 0 spiro atoms. The lowest BCUT2D eigenvalue weighted by Crippen LogP contribution is -2.37. The van der Waals surface area contributed by atoms with Crippen LogP contribution in [0.4, 0.5) is 0 Å². The number of nitrogens with one attached hydrogen (secondary N) is 1. The molecule has 0 aliphatic rings. The number of aliphatic hydroxyl groups is 1. The highest BCUT2D eigenvalue weighted by atomic mass is 32.2. The van der Waals surface area contributed by atoms with Gasteiger partial charge in [-0.3, -0.25) is 0 Å². The Kier molecular flexibility index (Phi) is 7.94. The molecule has 0 aromatic rings. The van der Waals surface area contributed by atoms with Gasteiger partial charge < -0.3 is 15.2 Å². The topological polar surface area (TPSA) is 75.6 Å². The average Bonchev–Trinajstić information content (AvgIpc) is 2.22. The third-order valence-corrected chi connectivity index (χ3v) is 5.32. The van der Waals surface area contributed by atoms with Gasteiger partial charge >= 0.3 is 0 Å². The Hall–Kier alpha value is -0.170. The van der Waals surface area contributed by atoms with Crippen molar-refractivity contribution in [3.05, 3.63) is 0 Å². The first kappa shape index (κ1) is 16.8. The van der Waals surface area contributed by atoms with E-state index in [0.29, 0.717) is 13.2 Å². The van der Waals surface area contributed by atoms with E-state index in [1.807, 2.05) is 13.8 Å². The van der Waals surface area contributed by atoms with E-state index in [-0.39, 0.29) is 18.2 Å². The Bertz CT molecular complexity index is 290. The standard InChI is InChI=1S/C11H25NO4S/c1-9(2)10(3)17(14,15)8-11(13)7-12-5-6-16-4/h9-13H,5-8H2,1-4H3. The maximum absolute atomic E-state index is 11.9. The molecule has 0 aliphatic heterocycles. The van der Waals surface area contributed by atoms with Crippen LogP contribution in [0, 0.1) is 5.92 Å². The van der Waals surface area contributed by atoms with Gasteiger partial charge in [-0.05, 0) is 12.8 Å². The summed E-state index contributed by atoms with van der Waals surface area (Å²) in [6, 6.07) is 0. The molecule has 0 aromatic heterocycles. The van der Waals surface area contributed by atoms with Crippen molar-refractivity contribution in [2.24, 2.45) is 5.92 Å². The molecule has 2 N–H and O–H groups in total. The van der Waals surface area contributed by atoms with Gasteiger partial charge in [0.05, 0.1) is 23.7 Å². The van der Waals surface area contributed by atoms with E-state index in [2.05, 4.69) is 5.32 Å². The molecule has 0 rings (SSSR count). The zero-order valence-electron chi connectivity index (χ0n) is 11.1. The fourth-order valence-electron chi connectivity index (χ4n) is 1.34. The summed E-state index contributed by atoms with van der Waals surface area (Å²) in [4.78, 5) is 0. The maximum atomic E-state index is 11.9. The quantitative estimate of drug-likeness (QED) is 0.577. The second-order valence-electron chi connectivity index (χ2n) is 4.63. The van der Waals surface area contributed by atoms with Crippen molar-refractivity contribution in [2.45, 2.75) is 32.1 Å². The van der Waals surface area contributed by atoms with Gasteiger partial charge in [-0.2, -0.15) is 0 Å². The Balaban J connectivity index is 4.06. The summed E-state index contributed by atoms with van der Waals surface area (Å²) in [6.07, 6.45) is -0.863. The molecule has 17 heavy (non-hydrogen) atoms. The minimum Gasteiger partial charge on any atom is -0.391 e. The van der Waals surface area contributed by atoms with Gasteiger partial charge in [-0.25, -0.2) is 8.42 Å². The summed E-state index contributed by atoms with van der Waals surface area (Å²) in [7, 11) is -1.63. The summed E-state index contributed by atoms with van der Waals surface area (Å²) in [5, 5.41) is 12.1. The molecule has 0 fully saturated rings. The van der Waals surface area contributed by atoms with Gasteiger partial charge in [0.2, 0.25) is 0 Å². The fraction of sp³-hybridized carbons (Fsp3) is 1.00. The van der Waals surface area contributed by atoms with Crippen LogP contribution < -0.4 is 5.32 Å². The summed E-state index contributed by atoms with van der Waals surface area (Å²) < 4.78 is 28.5. The predicted molar refractivity (Wildman–Crippen MR) is 68.8 cm³/mol. The Morgan fingerprint density at radius 2 is 1.88 bits per heavy atom. The third kappa shape index (κ3) is 6.98. The molecule has 2 unspecified atom stereocenters. The lowest BCUT2D eigenvalue weighted by molar-refractivity contribution is 0.174. The molecule has 2 atom stereocenters. The summed E-state index contributed by atoms with van der Waals surface area (Å²) in [6.45, 7) is 6.84. The number of methoxy groups -OCH3 is 1. The average molecular weight is 267 g/mol. The smallest absolute Gasteiger partial charge is 0.155 e. The number of hydrogen-bond acceptors (Lipinski definition) is 5. The van der Waals surface area contributed by atoms with Crippen molar-refractivity contribution in [3.8, 4) is 0 Å². The van der Waals surface area contributed by atoms with Crippen LogP contribution in [0.25, 0.3) is 0 Å². The first-order valence-corrected chi connectivity index (χ1v) is 7.62. The Morgan fingerprint density at radius 3 is 2.35 bits per heavy atom. The van der Waals surface area contributed by atoms with Crippen LogP contribution in [0.3, 0.4) is 0 Å². The fourth-order valence-corrected chi connectivity index (χ4v) is 3.12. The van der Waals surface area contributed by atoms with E-state index < -0.39 is 21.2 Å². The molecular formula is C11H25NO4S. The zero-order chi connectivity index (χ0) is 13.5. The molecule has 0 saturated heterocycles. The van der Waals surface area contributed by atoms with E-state index in [0.717, 1.165) is 0 Å². The van der Waals surface area contributed by atoms with E-state index >= 15 is 0 Å². The number of aliphatic hydroxyl groups excluding tert-OH is 1. The second-order valence-corrected chi connectivity index (χ2v) is 7.03. The lowest BCUT2D eigenvalue weighted by atomic mass is 10.2. The number of sulfone groups is 1. The van der Waals surface area contributed by atoms with Crippen molar-refractivity contribution in [1.29, 1.82) is 0 Å². The molecule has 0 saturated carbocycles. The maximum Gasteiger partial charge on any atom is 0.155 e. The zero-order valence-corrected chi connectivity index (χ0v) is 12.0. The van der Waals surface area contributed by atoms with Crippen LogP contribution in [-0.4, -0.2) is 57.4 Å². The van der Waals surface area contributed by atoms with E-state index in [1.165, 1.54) is 0 Å². The van der Waals surface area contributed by atoms with Crippen LogP contribution >= 0.6 is 0 Å². The van der Waals surface area contributed by atoms with Crippen LogP contribution in [0.2, 0.25) is 0 Å². The molecule has 0 aliphatic carbocycles. The highest BCUT2D eigenvalue weighted by molar-refractivity contribution is 7.92. The SMILES string of the molecule is COCCNCC(O)CS(=O)(=O)C(C)C(C)C. The van der Waals surface area contributed by atoms with E-state index in [9.17, 15) is 13.5 Å². The molecule has 104 valence electrons. The minimum atomic E-state index is -3.22. The number of hydrogen-bond donors (Lipinski definition) is 2. The molecule has 6 heteroatoms. The van der Waals surface area contributed by atoms with Crippen molar-refractivity contribution in [2.75, 3.05) is 32.6 Å². The number of ether oxygens (including phenoxy) is 1. The number of rotatable bonds is 9. The first-order valence-electron chi connectivity index (χ1n) is 5.90. The minimum absolute atomic E-state index is 0.0636. The highest BCUT2D eigenvalue weighted by Crippen LogP contribution is 2.13. The predicted octanol–water partition coefficient (Wildman–Crippen LogP) is 0.0426. The van der Waals surface area contributed by atoms with Crippen molar-refractivity contribution < 1.29 is 18.3 Å². The molecule has 5 nitrogen and oxygen atoms in total. The monoisotopic (exact) mass is 267 g/mol. The molecule has 0 amide bonds. The summed E-state index contributed by atoms with van der Waals surface area (Å²) >= 11 is 0.